The number of nitrogens with zero attached hydrogens (tertiary/aromatic N) is 2. The van der Waals surface area contributed by atoms with Gasteiger partial charge >= 0.3 is 0 Å². The van der Waals surface area contributed by atoms with Crippen molar-refractivity contribution in [2.75, 3.05) is 5.73 Å². The van der Waals surface area contributed by atoms with E-state index in [0.29, 0.717) is 11.3 Å². The maximum Gasteiger partial charge on any atom is 0.270 e. The molecule has 2 rings (SSSR count). The summed E-state index contributed by atoms with van der Waals surface area (Å²) in [6, 6.07) is 6.21. The molecule has 0 aliphatic carbocycles. The van der Waals surface area contributed by atoms with Crippen LogP contribution in [0.25, 0.3) is 11.3 Å². The van der Waals surface area contributed by atoms with Gasteiger partial charge in [-0.2, -0.15) is 0 Å². The first-order valence-corrected chi connectivity index (χ1v) is 4.55. The van der Waals surface area contributed by atoms with Crippen LogP contribution in [0.3, 0.4) is 0 Å². The average molecular weight is 219 g/mol. The molecule has 1 aromatic heterocycles. The van der Waals surface area contributed by atoms with Crippen molar-refractivity contribution in [3.63, 3.8) is 0 Å². The molecule has 0 aliphatic rings. The average Bonchev–Trinajstić information content (AvgIpc) is 2.64. The Morgan fingerprint density at radius 1 is 1.38 bits per heavy atom. The number of non-ortho nitro benzene ring substituents is 1. The van der Waals surface area contributed by atoms with E-state index in [-0.39, 0.29) is 11.5 Å². The number of nitro groups is 1. The summed E-state index contributed by atoms with van der Waals surface area (Å²) in [7, 11) is 0. The molecule has 0 fully saturated rings. The minimum absolute atomic E-state index is 0.0185. The number of hydrogen-bond donors (Lipinski definition) is 1. The SMILES string of the molecule is Cc1cc(-c2cc(N)no2)cc([N+](=O)[O-])c1. The smallest absolute Gasteiger partial charge is 0.270 e. The highest BCUT2D eigenvalue weighted by Gasteiger charge is 2.12. The van der Waals surface area contributed by atoms with E-state index < -0.39 is 4.92 Å². The van der Waals surface area contributed by atoms with Gasteiger partial charge in [0, 0.05) is 23.8 Å². The van der Waals surface area contributed by atoms with Crippen molar-refractivity contribution >= 4 is 11.5 Å². The predicted octanol–water partition coefficient (Wildman–Crippen LogP) is 2.14. The van der Waals surface area contributed by atoms with Gasteiger partial charge in [-0.1, -0.05) is 5.16 Å². The molecular formula is C10H9N3O3. The number of rotatable bonds is 2. The van der Waals surface area contributed by atoms with Crippen molar-refractivity contribution in [2.24, 2.45) is 0 Å². The third-order valence-corrected chi connectivity index (χ3v) is 2.09. The van der Waals surface area contributed by atoms with Crippen molar-refractivity contribution in [1.82, 2.24) is 5.16 Å². The topological polar surface area (TPSA) is 95.2 Å². The Hall–Kier alpha value is -2.37. The zero-order chi connectivity index (χ0) is 11.7. The number of aromatic nitrogens is 1. The van der Waals surface area contributed by atoms with Crippen LogP contribution in [0.4, 0.5) is 11.5 Å². The normalized spacial score (nSPS) is 10.3. The molecule has 0 aliphatic heterocycles. The van der Waals surface area contributed by atoms with Gasteiger partial charge in [0.1, 0.15) is 0 Å². The molecule has 0 radical (unpaired) electrons. The minimum Gasteiger partial charge on any atom is -0.381 e. The fourth-order valence-corrected chi connectivity index (χ4v) is 1.44. The first-order valence-electron chi connectivity index (χ1n) is 4.55. The summed E-state index contributed by atoms with van der Waals surface area (Å²) < 4.78 is 4.94. The third kappa shape index (κ3) is 1.85. The Morgan fingerprint density at radius 3 is 2.69 bits per heavy atom. The van der Waals surface area contributed by atoms with Crippen LogP contribution >= 0.6 is 0 Å². The van der Waals surface area contributed by atoms with E-state index in [1.165, 1.54) is 18.2 Å². The zero-order valence-electron chi connectivity index (χ0n) is 8.51. The largest absolute Gasteiger partial charge is 0.381 e. The number of nitro benzene ring substituents is 1. The lowest BCUT2D eigenvalue weighted by Crippen LogP contribution is -1.89. The summed E-state index contributed by atoms with van der Waals surface area (Å²) in [5.74, 6) is 0.670. The molecule has 2 N–H and O–H groups in total. The number of aryl methyl sites for hydroxylation is 1. The fraction of sp³-hybridized carbons (Fsp3) is 0.100. The summed E-state index contributed by atoms with van der Waals surface area (Å²) in [5, 5.41) is 14.2. The van der Waals surface area contributed by atoms with Gasteiger partial charge in [-0.3, -0.25) is 10.1 Å². The van der Waals surface area contributed by atoms with Gasteiger partial charge in [-0.25, -0.2) is 0 Å². The summed E-state index contributed by atoms with van der Waals surface area (Å²) in [6.45, 7) is 1.77. The van der Waals surface area contributed by atoms with Gasteiger partial charge in [-0.15, -0.1) is 0 Å². The highest BCUT2D eigenvalue weighted by Crippen LogP contribution is 2.26. The van der Waals surface area contributed by atoms with E-state index >= 15 is 0 Å². The van der Waals surface area contributed by atoms with Crippen LogP contribution in [0.15, 0.2) is 28.8 Å². The first kappa shape index (κ1) is 10.2. The van der Waals surface area contributed by atoms with Crippen LogP contribution in [0.5, 0.6) is 0 Å². The predicted molar refractivity (Wildman–Crippen MR) is 57.7 cm³/mol. The summed E-state index contributed by atoms with van der Waals surface area (Å²) in [5.41, 5.74) is 6.80. The van der Waals surface area contributed by atoms with Crippen LogP contribution in [0.2, 0.25) is 0 Å². The van der Waals surface area contributed by atoms with Gasteiger partial charge < -0.3 is 10.3 Å². The maximum absolute atomic E-state index is 10.7. The second kappa shape index (κ2) is 3.65. The third-order valence-electron chi connectivity index (χ3n) is 2.09. The minimum atomic E-state index is -0.448. The van der Waals surface area contributed by atoms with Gasteiger partial charge in [-0.05, 0) is 18.6 Å². The van der Waals surface area contributed by atoms with E-state index in [9.17, 15) is 10.1 Å². The second-order valence-electron chi connectivity index (χ2n) is 3.43. The highest BCUT2D eigenvalue weighted by atomic mass is 16.6. The molecule has 0 saturated carbocycles. The lowest BCUT2D eigenvalue weighted by Gasteiger charge is -1.98. The molecule has 16 heavy (non-hydrogen) atoms. The van der Waals surface area contributed by atoms with E-state index in [2.05, 4.69) is 5.16 Å². The molecule has 0 bridgehead atoms. The summed E-state index contributed by atoms with van der Waals surface area (Å²) in [6.07, 6.45) is 0. The molecule has 0 amide bonds. The molecule has 1 aromatic carbocycles. The van der Waals surface area contributed by atoms with Crippen LogP contribution in [-0.2, 0) is 0 Å². The van der Waals surface area contributed by atoms with Crippen molar-refractivity contribution in [1.29, 1.82) is 0 Å². The molecular weight excluding hydrogens is 210 g/mol. The molecule has 6 nitrogen and oxygen atoms in total. The molecule has 0 saturated heterocycles. The van der Waals surface area contributed by atoms with Crippen LogP contribution < -0.4 is 5.73 Å². The first-order chi connectivity index (χ1) is 7.56. The molecule has 1 heterocycles. The molecule has 2 aromatic rings. The molecule has 82 valence electrons. The summed E-state index contributed by atoms with van der Waals surface area (Å²) >= 11 is 0. The van der Waals surface area contributed by atoms with Crippen molar-refractivity contribution in [3.05, 3.63) is 39.9 Å². The molecule has 0 spiro atoms. The lowest BCUT2D eigenvalue weighted by molar-refractivity contribution is -0.384. The highest BCUT2D eigenvalue weighted by molar-refractivity contribution is 5.64. The lowest BCUT2D eigenvalue weighted by atomic mass is 10.1. The van der Waals surface area contributed by atoms with E-state index in [4.69, 9.17) is 10.3 Å². The van der Waals surface area contributed by atoms with Gasteiger partial charge in [0.05, 0.1) is 4.92 Å². The Morgan fingerprint density at radius 2 is 2.12 bits per heavy atom. The van der Waals surface area contributed by atoms with Gasteiger partial charge in [0.25, 0.3) is 5.69 Å². The number of nitrogens with two attached hydrogens (primary N) is 1. The van der Waals surface area contributed by atoms with Gasteiger partial charge in [0.2, 0.25) is 0 Å². The number of anilines is 1. The monoisotopic (exact) mass is 219 g/mol. The van der Waals surface area contributed by atoms with Crippen molar-refractivity contribution < 1.29 is 9.45 Å². The molecule has 0 unspecified atom stereocenters. The Kier molecular flexibility index (Phi) is 2.32. The van der Waals surface area contributed by atoms with Crippen LogP contribution in [0, 0.1) is 17.0 Å². The number of nitrogen functional groups attached to an aromatic ring is 1. The summed E-state index contributed by atoms with van der Waals surface area (Å²) in [4.78, 5) is 10.2. The Bertz CT molecular complexity index is 548. The Labute approximate surface area is 90.8 Å². The van der Waals surface area contributed by atoms with E-state index in [1.54, 1.807) is 13.0 Å². The van der Waals surface area contributed by atoms with Crippen molar-refractivity contribution in [2.45, 2.75) is 6.92 Å². The number of hydrogen-bond acceptors (Lipinski definition) is 5. The Balaban J connectivity index is 2.53. The zero-order valence-corrected chi connectivity index (χ0v) is 8.51. The van der Waals surface area contributed by atoms with Gasteiger partial charge in [0.15, 0.2) is 11.6 Å². The fourth-order valence-electron chi connectivity index (χ4n) is 1.44. The van der Waals surface area contributed by atoms with Crippen LogP contribution in [-0.4, -0.2) is 10.1 Å². The van der Waals surface area contributed by atoms with E-state index in [1.807, 2.05) is 0 Å². The molecule has 0 atom stereocenters. The molecule has 6 heteroatoms. The standard InChI is InChI=1S/C10H9N3O3/c1-6-2-7(4-8(3-6)13(14)15)9-5-10(11)12-16-9/h2-5H,1H3,(H2,11,12). The maximum atomic E-state index is 10.7. The number of benzene rings is 1. The second-order valence-corrected chi connectivity index (χ2v) is 3.43. The van der Waals surface area contributed by atoms with Crippen LogP contribution in [0.1, 0.15) is 5.56 Å². The van der Waals surface area contributed by atoms with Crippen molar-refractivity contribution in [3.8, 4) is 11.3 Å². The van der Waals surface area contributed by atoms with E-state index in [0.717, 1.165) is 5.56 Å². The quantitative estimate of drug-likeness (QED) is 0.616.